The lowest BCUT2D eigenvalue weighted by atomic mass is 10.0. The Labute approximate surface area is 90.2 Å². The molecule has 1 N–H and O–H groups in total. The Hall–Kier alpha value is 1.42. The summed E-state index contributed by atoms with van der Waals surface area (Å²) in [5, 5.41) is 9.50. The van der Waals surface area contributed by atoms with E-state index in [9.17, 15) is 5.11 Å². The van der Waals surface area contributed by atoms with E-state index in [2.05, 4.69) is 52.1 Å². The second-order valence-corrected chi connectivity index (χ2v) is 4.33. The SMILES string of the molecule is CCC(CI)C(O)CCI. The van der Waals surface area contributed by atoms with E-state index in [0.29, 0.717) is 5.92 Å². The van der Waals surface area contributed by atoms with Crippen molar-refractivity contribution in [1.29, 1.82) is 0 Å². The van der Waals surface area contributed by atoms with Gasteiger partial charge in [0.1, 0.15) is 0 Å². The van der Waals surface area contributed by atoms with Crippen LogP contribution < -0.4 is 0 Å². The standard InChI is InChI=1S/C7H14I2O/c1-2-6(5-9)7(10)3-4-8/h6-7,10H,2-5H2,1H3. The first-order valence-corrected chi connectivity index (χ1v) is 6.61. The van der Waals surface area contributed by atoms with E-state index in [1.807, 2.05) is 0 Å². The normalized spacial score (nSPS) is 16.8. The summed E-state index contributed by atoms with van der Waals surface area (Å²) < 4.78 is 2.14. The maximum absolute atomic E-state index is 9.50. The van der Waals surface area contributed by atoms with Gasteiger partial charge in [-0.15, -0.1) is 0 Å². The fourth-order valence-electron chi connectivity index (χ4n) is 0.832. The number of hydrogen-bond donors (Lipinski definition) is 1. The molecule has 0 heterocycles. The Morgan fingerprint density at radius 3 is 2.30 bits per heavy atom. The molecule has 0 aromatic carbocycles. The van der Waals surface area contributed by atoms with Crippen LogP contribution in [0.15, 0.2) is 0 Å². The van der Waals surface area contributed by atoms with E-state index >= 15 is 0 Å². The van der Waals surface area contributed by atoms with E-state index in [4.69, 9.17) is 0 Å². The molecule has 0 aliphatic heterocycles. The van der Waals surface area contributed by atoms with Crippen LogP contribution in [0.2, 0.25) is 0 Å². The van der Waals surface area contributed by atoms with Crippen molar-refractivity contribution < 1.29 is 5.11 Å². The summed E-state index contributed by atoms with van der Waals surface area (Å²) in [6, 6.07) is 0. The molecule has 0 spiro atoms. The summed E-state index contributed by atoms with van der Waals surface area (Å²) in [7, 11) is 0. The van der Waals surface area contributed by atoms with Crippen LogP contribution in [0.3, 0.4) is 0 Å². The third-order valence-corrected chi connectivity index (χ3v) is 3.43. The summed E-state index contributed by atoms with van der Waals surface area (Å²) in [5.74, 6) is 0.510. The van der Waals surface area contributed by atoms with Gasteiger partial charge in [-0.3, -0.25) is 0 Å². The van der Waals surface area contributed by atoms with Crippen LogP contribution in [-0.4, -0.2) is 20.1 Å². The summed E-state index contributed by atoms with van der Waals surface area (Å²) in [4.78, 5) is 0. The van der Waals surface area contributed by atoms with Crippen molar-refractivity contribution in [3.8, 4) is 0 Å². The van der Waals surface area contributed by atoms with Gasteiger partial charge in [-0.05, 0) is 12.3 Å². The Kier molecular flexibility index (Phi) is 8.10. The lowest BCUT2D eigenvalue weighted by Gasteiger charge is -2.17. The number of alkyl halides is 2. The molecule has 3 heteroatoms. The highest BCUT2D eigenvalue weighted by Gasteiger charge is 2.14. The molecule has 10 heavy (non-hydrogen) atoms. The fraction of sp³-hybridized carbons (Fsp3) is 1.00. The monoisotopic (exact) mass is 368 g/mol. The Bertz CT molecular complexity index is 74.0. The third-order valence-electron chi connectivity index (χ3n) is 1.67. The van der Waals surface area contributed by atoms with Gasteiger partial charge < -0.3 is 5.11 Å². The minimum Gasteiger partial charge on any atom is -0.393 e. The molecule has 0 aromatic rings. The maximum Gasteiger partial charge on any atom is 0.0582 e. The summed E-state index contributed by atoms with van der Waals surface area (Å²) in [6.07, 6.45) is 1.97. The quantitative estimate of drug-likeness (QED) is 0.585. The summed E-state index contributed by atoms with van der Waals surface area (Å²) >= 11 is 4.65. The molecule has 0 saturated heterocycles. The van der Waals surface area contributed by atoms with Crippen LogP contribution in [0.4, 0.5) is 0 Å². The molecule has 0 rings (SSSR count). The summed E-state index contributed by atoms with van der Waals surface area (Å²) in [6.45, 7) is 2.14. The van der Waals surface area contributed by atoms with E-state index in [1.165, 1.54) is 0 Å². The molecule has 2 atom stereocenters. The zero-order valence-corrected chi connectivity index (χ0v) is 10.5. The van der Waals surface area contributed by atoms with Crippen molar-refractivity contribution in [2.75, 3.05) is 8.86 Å². The zero-order valence-electron chi connectivity index (χ0n) is 6.19. The molecule has 62 valence electrons. The number of halogens is 2. The lowest BCUT2D eigenvalue weighted by molar-refractivity contribution is 0.116. The molecule has 0 amide bonds. The largest absolute Gasteiger partial charge is 0.393 e. The highest BCUT2D eigenvalue weighted by Crippen LogP contribution is 2.15. The lowest BCUT2D eigenvalue weighted by Crippen LogP contribution is -2.21. The van der Waals surface area contributed by atoms with Crippen LogP contribution in [0, 0.1) is 5.92 Å². The first-order valence-electron chi connectivity index (χ1n) is 3.56. The highest BCUT2D eigenvalue weighted by atomic mass is 127. The van der Waals surface area contributed by atoms with E-state index < -0.39 is 0 Å². The molecular weight excluding hydrogens is 354 g/mol. The van der Waals surface area contributed by atoms with Crippen LogP contribution in [-0.2, 0) is 0 Å². The highest BCUT2D eigenvalue weighted by molar-refractivity contribution is 14.1. The summed E-state index contributed by atoms with van der Waals surface area (Å²) in [5.41, 5.74) is 0. The van der Waals surface area contributed by atoms with Crippen LogP contribution in [0.1, 0.15) is 19.8 Å². The van der Waals surface area contributed by atoms with E-state index in [-0.39, 0.29) is 6.10 Å². The molecule has 0 fully saturated rings. The van der Waals surface area contributed by atoms with Crippen LogP contribution in [0.5, 0.6) is 0 Å². The smallest absolute Gasteiger partial charge is 0.0582 e. The van der Waals surface area contributed by atoms with Gasteiger partial charge in [-0.1, -0.05) is 58.5 Å². The van der Waals surface area contributed by atoms with Crippen molar-refractivity contribution >= 4 is 45.2 Å². The first kappa shape index (κ1) is 11.4. The molecule has 1 nitrogen and oxygen atoms in total. The van der Waals surface area contributed by atoms with Gasteiger partial charge in [0.05, 0.1) is 6.10 Å². The van der Waals surface area contributed by atoms with Crippen LogP contribution in [0.25, 0.3) is 0 Å². The molecule has 2 unspecified atom stereocenters. The van der Waals surface area contributed by atoms with Crippen molar-refractivity contribution in [2.45, 2.75) is 25.9 Å². The van der Waals surface area contributed by atoms with Crippen molar-refractivity contribution in [3.63, 3.8) is 0 Å². The molecule has 0 radical (unpaired) electrons. The van der Waals surface area contributed by atoms with Gasteiger partial charge in [-0.2, -0.15) is 0 Å². The van der Waals surface area contributed by atoms with Gasteiger partial charge in [-0.25, -0.2) is 0 Å². The second kappa shape index (κ2) is 7.09. The van der Waals surface area contributed by atoms with E-state index in [0.717, 1.165) is 21.7 Å². The number of aliphatic hydroxyl groups is 1. The predicted molar refractivity (Wildman–Crippen MR) is 62.2 cm³/mol. The van der Waals surface area contributed by atoms with Crippen molar-refractivity contribution in [2.24, 2.45) is 5.92 Å². The van der Waals surface area contributed by atoms with Crippen molar-refractivity contribution in [3.05, 3.63) is 0 Å². The fourth-order valence-corrected chi connectivity index (χ4v) is 2.68. The first-order chi connectivity index (χ1) is 4.76. The zero-order chi connectivity index (χ0) is 7.98. The number of rotatable bonds is 5. The van der Waals surface area contributed by atoms with Gasteiger partial charge >= 0.3 is 0 Å². The molecule has 0 bridgehead atoms. The van der Waals surface area contributed by atoms with Gasteiger partial charge in [0, 0.05) is 8.86 Å². The van der Waals surface area contributed by atoms with E-state index in [1.54, 1.807) is 0 Å². The molecular formula is C7H14I2O. The Balaban J connectivity index is 3.53. The molecule has 0 aliphatic carbocycles. The average molecular weight is 368 g/mol. The van der Waals surface area contributed by atoms with Crippen molar-refractivity contribution in [1.82, 2.24) is 0 Å². The third kappa shape index (κ3) is 4.33. The molecule has 0 aliphatic rings. The number of aliphatic hydroxyl groups excluding tert-OH is 1. The second-order valence-electron chi connectivity index (χ2n) is 2.37. The van der Waals surface area contributed by atoms with Gasteiger partial charge in [0.15, 0.2) is 0 Å². The molecule has 0 saturated carbocycles. The minimum absolute atomic E-state index is 0.0706. The van der Waals surface area contributed by atoms with Crippen LogP contribution >= 0.6 is 45.2 Å². The number of hydrogen-bond acceptors (Lipinski definition) is 1. The Morgan fingerprint density at radius 2 is 2.00 bits per heavy atom. The predicted octanol–water partition coefficient (Wildman–Crippen LogP) is 2.63. The van der Waals surface area contributed by atoms with Gasteiger partial charge in [0.25, 0.3) is 0 Å². The average Bonchev–Trinajstić information content (AvgIpc) is 1.91. The Morgan fingerprint density at radius 1 is 1.40 bits per heavy atom. The topological polar surface area (TPSA) is 20.2 Å². The van der Waals surface area contributed by atoms with Gasteiger partial charge in [0.2, 0.25) is 0 Å². The molecule has 0 aromatic heterocycles. The maximum atomic E-state index is 9.50. The minimum atomic E-state index is -0.0706.